The highest BCUT2D eigenvalue weighted by molar-refractivity contribution is 6.62. The maximum absolute atomic E-state index is 13.7. The van der Waals surface area contributed by atoms with Gasteiger partial charge in [-0.1, -0.05) is 85.4 Å². The van der Waals surface area contributed by atoms with Crippen molar-refractivity contribution in [2.24, 2.45) is 5.41 Å². The largest absolute Gasteiger partial charge is 0.494 e. The topological polar surface area (TPSA) is 76.7 Å². The molecule has 1 fully saturated rings. The summed E-state index contributed by atoms with van der Waals surface area (Å²) in [5, 5.41) is 6.22. The summed E-state index contributed by atoms with van der Waals surface area (Å²) in [7, 11) is -0.429. The molecule has 0 radical (unpaired) electrons. The van der Waals surface area contributed by atoms with Gasteiger partial charge in [0.25, 0.3) is 5.91 Å². The lowest BCUT2D eigenvalue weighted by molar-refractivity contribution is -0.129. The first-order chi connectivity index (χ1) is 18.1. The van der Waals surface area contributed by atoms with Crippen molar-refractivity contribution in [3.63, 3.8) is 0 Å². The molecule has 1 aliphatic rings. The van der Waals surface area contributed by atoms with Crippen molar-refractivity contribution in [2.45, 2.75) is 138 Å². The zero-order valence-electron chi connectivity index (χ0n) is 26.5. The van der Waals surface area contributed by atoms with Crippen LogP contribution in [0.2, 0.25) is 0 Å². The molecule has 6 nitrogen and oxygen atoms in total. The molecular formula is C32H53BN2O4. The van der Waals surface area contributed by atoms with Gasteiger partial charge in [-0.05, 0) is 76.0 Å². The first-order valence-electron chi connectivity index (χ1n) is 14.9. The number of hydrogen-bond acceptors (Lipinski definition) is 4. The Morgan fingerprint density at radius 2 is 1.59 bits per heavy atom. The molecule has 7 heteroatoms. The first kappa shape index (κ1) is 33.1. The molecule has 0 bridgehead atoms. The highest BCUT2D eigenvalue weighted by Crippen LogP contribution is 2.37. The smallest absolute Gasteiger partial charge is 0.399 e. The number of nitrogens with one attached hydrogen (secondary N) is 2. The zero-order chi connectivity index (χ0) is 29.6. The molecule has 0 aliphatic carbocycles. The van der Waals surface area contributed by atoms with Crippen LogP contribution in [-0.4, -0.2) is 30.1 Å². The highest BCUT2D eigenvalue weighted by atomic mass is 16.7. The molecule has 2 rings (SSSR count). The monoisotopic (exact) mass is 540 g/mol. The molecule has 1 aliphatic heterocycles. The van der Waals surface area contributed by atoms with E-state index >= 15 is 0 Å². The van der Waals surface area contributed by atoms with Crippen LogP contribution in [0, 0.1) is 5.41 Å². The number of aryl methyl sites for hydroxylation is 1. The summed E-state index contributed by atoms with van der Waals surface area (Å²) in [5.74, 6) is -0.398. The lowest BCUT2D eigenvalue weighted by atomic mass is 9.76. The minimum absolute atomic E-state index is 0.164. The SMILES string of the molecule is CCCCCCC(NC(=O)/C(NC(=O)C(C)(C)C)=C(/C)CC)c1ccc(B2OC(C)(C)C(C)(C)O2)cc1CC. The van der Waals surface area contributed by atoms with E-state index in [9.17, 15) is 9.59 Å². The standard InChI is InChI=1S/C32H53BN2O4/c1-12-15-16-17-18-26(34-28(36)27(22(4)13-2)35-29(37)30(5,6)7)25-20-19-24(21-23(25)14-3)33-38-31(8,9)32(10,11)39-33/h19-21,26H,12-18H2,1-11H3,(H,34,36)(H,35,37)/b27-22+. The molecule has 1 aromatic carbocycles. The number of allylic oxidation sites excluding steroid dienone is 1. The van der Waals surface area contributed by atoms with Crippen molar-refractivity contribution < 1.29 is 18.9 Å². The van der Waals surface area contributed by atoms with Crippen LogP contribution in [0.1, 0.15) is 132 Å². The van der Waals surface area contributed by atoms with E-state index in [2.05, 4.69) is 70.4 Å². The maximum atomic E-state index is 13.7. The lowest BCUT2D eigenvalue weighted by Gasteiger charge is -2.32. The van der Waals surface area contributed by atoms with Crippen LogP contribution in [-0.2, 0) is 25.3 Å². The van der Waals surface area contributed by atoms with Gasteiger partial charge in [-0.25, -0.2) is 0 Å². The number of amides is 2. The van der Waals surface area contributed by atoms with Gasteiger partial charge >= 0.3 is 7.12 Å². The lowest BCUT2D eigenvalue weighted by Crippen LogP contribution is -2.42. The quantitative estimate of drug-likeness (QED) is 0.180. The number of hydrogen-bond donors (Lipinski definition) is 2. The second-order valence-electron chi connectivity index (χ2n) is 13.0. The maximum Gasteiger partial charge on any atom is 0.494 e. The summed E-state index contributed by atoms with van der Waals surface area (Å²) >= 11 is 0. The molecule has 2 amide bonds. The third kappa shape index (κ3) is 8.44. The molecule has 0 saturated carbocycles. The van der Waals surface area contributed by atoms with Gasteiger partial charge in [-0.3, -0.25) is 9.59 Å². The van der Waals surface area contributed by atoms with Crippen molar-refractivity contribution >= 4 is 24.4 Å². The van der Waals surface area contributed by atoms with Crippen LogP contribution in [0.5, 0.6) is 0 Å². The second kappa shape index (κ2) is 13.5. The minimum atomic E-state index is -0.599. The van der Waals surface area contributed by atoms with Gasteiger partial charge in [0.05, 0.1) is 17.2 Å². The van der Waals surface area contributed by atoms with Gasteiger partial charge in [0.1, 0.15) is 5.70 Å². The van der Waals surface area contributed by atoms with E-state index in [4.69, 9.17) is 9.31 Å². The Morgan fingerprint density at radius 3 is 2.10 bits per heavy atom. The van der Waals surface area contributed by atoms with Gasteiger partial charge < -0.3 is 19.9 Å². The van der Waals surface area contributed by atoms with Crippen LogP contribution >= 0.6 is 0 Å². The summed E-state index contributed by atoms with van der Waals surface area (Å²) in [6.45, 7) is 22.0. The van der Waals surface area contributed by atoms with Crippen molar-refractivity contribution in [1.29, 1.82) is 0 Å². The Hall–Kier alpha value is -2.12. The number of unbranched alkanes of at least 4 members (excludes halogenated alkanes) is 3. The Labute approximate surface area is 238 Å². The van der Waals surface area contributed by atoms with Gasteiger partial charge in [-0.15, -0.1) is 0 Å². The first-order valence-corrected chi connectivity index (χ1v) is 14.9. The summed E-state index contributed by atoms with van der Waals surface area (Å²) in [5.41, 5.74) is 3.08. The summed E-state index contributed by atoms with van der Waals surface area (Å²) in [6, 6.07) is 6.19. The molecule has 39 heavy (non-hydrogen) atoms. The van der Waals surface area contributed by atoms with Crippen LogP contribution in [0.25, 0.3) is 0 Å². The summed E-state index contributed by atoms with van der Waals surface area (Å²) in [6.07, 6.45) is 6.79. The van der Waals surface area contributed by atoms with E-state index in [1.807, 2.05) is 34.6 Å². The number of carbonyl (C=O) groups is 2. The molecule has 1 saturated heterocycles. The van der Waals surface area contributed by atoms with E-state index in [1.54, 1.807) is 0 Å². The third-order valence-electron chi connectivity index (χ3n) is 8.20. The molecular weight excluding hydrogens is 487 g/mol. The molecule has 1 heterocycles. The average molecular weight is 541 g/mol. The van der Waals surface area contributed by atoms with Gasteiger partial charge in [0.15, 0.2) is 0 Å². The van der Waals surface area contributed by atoms with Crippen LogP contribution < -0.4 is 16.1 Å². The molecule has 218 valence electrons. The van der Waals surface area contributed by atoms with Crippen LogP contribution in [0.3, 0.4) is 0 Å². The Bertz CT molecular complexity index is 1020. The fourth-order valence-electron chi connectivity index (χ4n) is 4.54. The summed E-state index contributed by atoms with van der Waals surface area (Å²) in [4.78, 5) is 26.5. The van der Waals surface area contributed by atoms with Gasteiger partial charge in [0, 0.05) is 5.41 Å². The number of benzene rings is 1. The normalized spacial score (nSPS) is 18.0. The van der Waals surface area contributed by atoms with E-state index < -0.39 is 23.7 Å². The Balaban J connectivity index is 2.40. The van der Waals surface area contributed by atoms with E-state index in [0.717, 1.165) is 48.7 Å². The Kier molecular flexibility index (Phi) is 11.5. The second-order valence-corrected chi connectivity index (χ2v) is 13.0. The molecule has 1 atom stereocenters. The minimum Gasteiger partial charge on any atom is -0.399 e. The third-order valence-corrected chi connectivity index (χ3v) is 8.20. The van der Waals surface area contributed by atoms with E-state index in [1.165, 1.54) is 12.0 Å². The predicted molar refractivity (Wildman–Crippen MR) is 162 cm³/mol. The molecule has 0 spiro atoms. The summed E-state index contributed by atoms with van der Waals surface area (Å²) < 4.78 is 12.6. The van der Waals surface area contributed by atoms with Crippen molar-refractivity contribution in [3.8, 4) is 0 Å². The molecule has 2 N–H and O–H groups in total. The molecule has 1 unspecified atom stereocenters. The number of carbonyl (C=O) groups excluding carboxylic acids is 2. The molecule has 0 aromatic heterocycles. The van der Waals surface area contributed by atoms with Gasteiger partial charge in [-0.2, -0.15) is 0 Å². The fourth-order valence-corrected chi connectivity index (χ4v) is 4.54. The van der Waals surface area contributed by atoms with Crippen molar-refractivity contribution in [3.05, 3.63) is 40.6 Å². The average Bonchev–Trinajstić information content (AvgIpc) is 3.09. The van der Waals surface area contributed by atoms with Crippen LogP contribution in [0.15, 0.2) is 29.5 Å². The zero-order valence-corrected chi connectivity index (χ0v) is 26.5. The van der Waals surface area contributed by atoms with Crippen LogP contribution in [0.4, 0.5) is 0 Å². The number of rotatable bonds is 12. The van der Waals surface area contributed by atoms with E-state index in [0.29, 0.717) is 12.1 Å². The van der Waals surface area contributed by atoms with E-state index in [-0.39, 0.29) is 17.9 Å². The van der Waals surface area contributed by atoms with Crippen molar-refractivity contribution in [1.82, 2.24) is 10.6 Å². The molecule has 1 aromatic rings. The fraction of sp³-hybridized carbons (Fsp3) is 0.688. The highest BCUT2D eigenvalue weighted by Gasteiger charge is 2.51. The Morgan fingerprint density at radius 1 is 0.974 bits per heavy atom. The van der Waals surface area contributed by atoms with Crippen molar-refractivity contribution in [2.75, 3.05) is 0 Å². The van der Waals surface area contributed by atoms with Gasteiger partial charge in [0.2, 0.25) is 5.91 Å². The predicted octanol–water partition coefficient (Wildman–Crippen LogP) is 6.52.